The van der Waals surface area contributed by atoms with E-state index in [0.717, 1.165) is 12.1 Å². The van der Waals surface area contributed by atoms with Gasteiger partial charge < -0.3 is 20.5 Å². The van der Waals surface area contributed by atoms with E-state index in [2.05, 4.69) is 5.32 Å². The quantitative estimate of drug-likeness (QED) is 0.441. The van der Waals surface area contributed by atoms with Crippen molar-refractivity contribution in [2.45, 2.75) is 0 Å². The predicted octanol–water partition coefficient (Wildman–Crippen LogP) is 0.327. The summed E-state index contributed by atoms with van der Waals surface area (Å²) in [4.78, 5) is 22.8. The highest BCUT2D eigenvalue weighted by Gasteiger charge is 2.11. The number of rotatable bonds is 6. The molecule has 0 bridgehead atoms. The second kappa shape index (κ2) is 7.32. The first kappa shape index (κ1) is 14.9. The lowest BCUT2D eigenvalue weighted by atomic mass is 10.2. The number of nitrogen functional groups attached to an aromatic ring is 1. The molecule has 6 nitrogen and oxygen atoms in total. The second-order valence-electron chi connectivity index (χ2n) is 3.66. The molecule has 0 saturated carbocycles. The number of nitrogens with one attached hydrogen (secondary N) is 1. The third-order valence-corrected chi connectivity index (χ3v) is 2.19. The maximum atomic E-state index is 12.9. The molecule has 1 aromatic carbocycles. The fourth-order valence-corrected chi connectivity index (χ4v) is 1.23. The molecule has 0 aliphatic heterocycles. The van der Waals surface area contributed by atoms with Crippen molar-refractivity contribution in [2.24, 2.45) is 0 Å². The van der Waals surface area contributed by atoms with E-state index in [-0.39, 0.29) is 11.3 Å². The Hall–Kier alpha value is -2.15. The molecule has 104 valence electrons. The normalized spacial score (nSPS) is 10.0. The van der Waals surface area contributed by atoms with Crippen LogP contribution in [0.15, 0.2) is 18.2 Å². The first-order chi connectivity index (χ1) is 9.04. The highest BCUT2D eigenvalue weighted by atomic mass is 19.1. The topological polar surface area (TPSA) is 90.6 Å². The number of halogens is 1. The molecule has 1 aromatic rings. The van der Waals surface area contributed by atoms with Crippen LogP contribution in [0.2, 0.25) is 0 Å². The van der Waals surface area contributed by atoms with Gasteiger partial charge in [-0.25, -0.2) is 9.18 Å². The molecule has 0 heterocycles. The number of esters is 1. The summed E-state index contributed by atoms with van der Waals surface area (Å²) in [7, 11) is 1.51. The zero-order chi connectivity index (χ0) is 14.3. The van der Waals surface area contributed by atoms with Gasteiger partial charge in [-0.05, 0) is 18.2 Å². The van der Waals surface area contributed by atoms with Gasteiger partial charge in [0.15, 0.2) is 6.61 Å². The summed E-state index contributed by atoms with van der Waals surface area (Å²) in [5.41, 5.74) is 5.25. The molecule has 1 amide bonds. The van der Waals surface area contributed by atoms with Crippen LogP contribution in [0.5, 0.6) is 0 Å². The molecular formula is C12H15FN2O4. The van der Waals surface area contributed by atoms with Crippen molar-refractivity contribution < 1.29 is 23.5 Å². The van der Waals surface area contributed by atoms with Gasteiger partial charge in [0.05, 0.1) is 17.9 Å². The molecule has 0 aliphatic rings. The number of ether oxygens (including phenoxy) is 2. The molecule has 7 heteroatoms. The van der Waals surface area contributed by atoms with Gasteiger partial charge in [0.2, 0.25) is 0 Å². The average molecular weight is 270 g/mol. The van der Waals surface area contributed by atoms with Crippen molar-refractivity contribution in [2.75, 3.05) is 32.6 Å². The van der Waals surface area contributed by atoms with Gasteiger partial charge in [-0.15, -0.1) is 0 Å². The van der Waals surface area contributed by atoms with E-state index in [0.29, 0.717) is 13.2 Å². The monoisotopic (exact) mass is 270 g/mol. The second-order valence-corrected chi connectivity index (χ2v) is 3.66. The summed E-state index contributed by atoms with van der Waals surface area (Å²) in [6.45, 7) is 0.282. The third kappa shape index (κ3) is 4.92. The molecule has 0 aromatic heterocycles. The van der Waals surface area contributed by atoms with Crippen LogP contribution in [-0.2, 0) is 14.3 Å². The fourth-order valence-electron chi connectivity index (χ4n) is 1.23. The Morgan fingerprint density at radius 1 is 1.42 bits per heavy atom. The summed E-state index contributed by atoms with van der Waals surface area (Å²) in [5, 5.41) is 2.49. The molecule has 0 spiro atoms. The van der Waals surface area contributed by atoms with Crippen LogP contribution >= 0.6 is 0 Å². The minimum Gasteiger partial charge on any atom is -0.452 e. The van der Waals surface area contributed by atoms with Crippen LogP contribution in [0, 0.1) is 5.82 Å². The van der Waals surface area contributed by atoms with E-state index in [4.69, 9.17) is 15.2 Å². The van der Waals surface area contributed by atoms with Crippen LogP contribution in [0.1, 0.15) is 10.4 Å². The zero-order valence-corrected chi connectivity index (χ0v) is 10.4. The van der Waals surface area contributed by atoms with Crippen LogP contribution in [0.3, 0.4) is 0 Å². The zero-order valence-electron chi connectivity index (χ0n) is 10.4. The number of nitrogens with two attached hydrogens (primary N) is 1. The van der Waals surface area contributed by atoms with E-state index in [9.17, 15) is 14.0 Å². The highest BCUT2D eigenvalue weighted by Crippen LogP contribution is 2.12. The largest absolute Gasteiger partial charge is 0.452 e. The van der Waals surface area contributed by atoms with Crippen LogP contribution < -0.4 is 11.1 Å². The van der Waals surface area contributed by atoms with Crippen molar-refractivity contribution >= 4 is 17.6 Å². The standard InChI is InChI=1S/C12H15FN2O4/c1-18-5-4-15-11(16)7-19-12(17)8-2-3-9(13)10(14)6-8/h2-3,6H,4-5,7,14H2,1H3,(H,15,16). The van der Waals surface area contributed by atoms with Crippen molar-refractivity contribution in [3.63, 3.8) is 0 Å². The number of carbonyl (C=O) groups excluding carboxylic acids is 2. The van der Waals surface area contributed by atoms with Gasteiger partial charge in [-0.3, -0.25) is 4.79 Å². The van der Waals surface area contributed by atoms with E-state index >= 15 is 0 Å². The first-order valence-electron chi connectivity index (χ1n) is 5.52. The Bertz CT molecular complexity index is 465. The molecule has 0 fully saturated rings. The van der Waals surface area contributed by atoms with E-state index < -0.39 is 24.3 Å². The molecule has 1 rings (SSSR count). The summed E-state index contributed by atoms with van der Waals surface area (Å²) in [6.07, 6.45) is 0. The number of anilines is 1. The molecule has 19 heavy (non-hydrogen) atoms. The fraction of sp³-hybridized carbons (Fsp3) is 0.333. The Labute approximate surface area is 109 Å². The van der Waals surface area contributed by atoms with Crippen molar-refractivity contribution in [3.05, 3.63) is 29.6 Å². The van der Waals surface area contributed by atoms with Gasteiger partial charge in [-0.2, -0.15) is 0 Å². The predicted molar refractivity (Wildman–Crippen MR) is 66.0 cm³/mol. The van der Waals surface area contributed by atoms with Crippen LogP contribution in [-0.4, -0.2) is 38.7 Å². The molecule has 0 saturated heterocycles. The lowest BCUT2D eigenvalue weighted by molar-refractivity contribution is -0.124. The van der Waals surface area contributed by atoms with Crippen LogP contribution in [0.25, 0.3) is 0 Å². The van der Waals surface area contributed by atoms with Gasteiger partial charge in [-0.1, -0.05) is 0 Å². The van der Waals surface area contributed by atoms with Crippen molar-refractivity contribution in [1.29, 1.82) is 0 Å². The lowest BCUT2D eigenvalue weighted by Crippen LogP contribution is -2.31. The summed E-state index contributed by atoms with van der Waals surface area (Å²) < 4.78 is 22.4. The number of benzene rings is 1. The maximum absolute atomic E-state index is 12.9. The van der Waals surface area contributed by atoms with Crippen molar-refractivity contribution in [1.82, 2.24) is 5.32 Å². The first-order valence-corrected chi connectivity index (χ1v) is 5.52. The molecular weight excluding hydrogens is 255 g/mol. The summed E-state index contributed by atoms with van der Waals surface area (Å²) in [5.74, 6) is -1.80. The van der Waals surface area contributed by atoms with Gasteiger partial charge in [0.1, 0.15) is 5.82 Å². The summed E-state index contributed by atoms with van der Waals surface area (Å²) in [6, 6.07) is 3.45. The Morgan fingerprint density at radius 3 is 2.79 bits per heavy atom. The summed E-state index contributed by atoms with van der Waals surface area (Å²) >= 11 is 0. The SMILES string of the molecule is COCCNC(=O)COC(=O)c1ccc(F)c(N)c1. The number of methoxy groups -OCH3 is 1. The van der Waals surface area contributed by atoms with E-state index in [1.165, 1.54) is 13.2 Å². The number of carbonyl (C=O) groups is 2. The third-order valence-electron chi connectivity index (χ3n) is 2.19. The maximum Gasteiger partial charge on any atom is 0.338 e. The average Bonchev–Trinajstić information content (AvgIpc) is 2.39. The minimum absolute atomic E-state index is 0.0867. The number of amides is 1. The lowest BCUT2D eigenvalue weighted by Gasteiger charge is -2.06. The molecule has 3 N–H and O–H groups in total. The van der Waals surface area contributed by atoms with E-state index in [1.54, 1.807) is 0 Å². The smallest absolute Gasteiger partial charge is 0.338 e. The van der Waals surface area contributed by atoms with Gasteiger partial charge >= 0.3 is 5.97 Å². The van der Waals surface area contributed by atoms with Gasteiger partial charge in [0.25, 0.3) is 5.91 Å². The molecule has 0 aliphatic carbocycles. The minimum atomic E-state index is -0.742. The Balaban J connectivity index is 2.42. The van der Waals surface area contributed by atoms with Crippen molar-refractivity contribution in [3.8, 4) is 0 Å². The molecule has 0 radical (unpaired) electrons. The highest BCUT2D eigenvalue weighted by molar-refractivity contribution is 5.92. The molecule has 0 atom stereocenters. The van der Waals surface area contributed by atoms with Gasteiger partial charge in [0, 0.05) is 13.7 Å². The Kier molecular flexibility index (Phi) is 5.74. The molecule has 0 unspecified atom stereocenters. The number of hydrogen-bond donors (Lipinski definition) is 2. The van der Waals surface area contributed by atoms with Crippen LogP contribution in [0.4, 0.5) is 10.1 Å². The van der Waals surface area contributed by atoms with E-state index in [1.807, 2.05) is 0 Å². The number of hydrogen-bond acceptors (Lipinski definition) is 5. The Morgan fingerprint density at radius 2 is 2.16 bits per heavy atom.